The molecule has 4 nitrogen and oxygen atoms in total. The summed E-state index contributed by atoms with van der Waals surface area (Å²) < 4.78 is 1.74. The molecule has 1 rings (SSSR count). The summed E-state index contributed by atoms with van der Waals surface area (Å²) in [5.41, 5.74) is 0. The zero-order valence-electron chi connectivity index (χ0n) is 9.32. The van der Waals surface area contributed by atoms with E-state index in [1.165, 1.54) is 12.8 Å². The van der Waals surface area contributed by atoms with Crippen LogP contribution in [0, 0.1) is 0 Å². The molecule has 0 aliphatic heterocycles. The van der Waals surface area contributed by atoms with E-state index in [1.54, 1.807) is 11.0 Å². The molecule has 4 heteroatoms. The van der Waals surface area contributed by atoms with Crippen molar-refractivity contribution in [1.29, 1.82) is 0 Å². The fourth-order valence-electron chi connectivity index (χ4n) is 1.46. The number of nitrogens with zero attached hydrogens (tertiary/aromatic N) is 3. The highest BCUT2D eigenvalue weighted by Gasteiger charge is 2.03. The summed E-state index contributed by atoms with van der Waals surface area (Å²) in [5.74, 6) is 0.922. The Morgan fingerprint density at radius 1 is 1.43 bits per heavy atom. The monoisotopic (exact) mass is 196 g/mol. The van der Waals surface area contributed by atoms with E-state index in [-0.39, 0.29) is 0 Å². The highest BCUT2D eigenvalue weighted by molar-refractivity contribution is 4.82. The van der Waals surface area contributed by atoms with Crippen LogP contribution >= 0.6 is 0 Å². The molecule has 0 radical (unpaired) electrons. The van der Waals surface area contributed by atoms with Crippen LogP contribution in [0.4, 0.5) is 0 Å². The van der Waals surface area contributed by atoms with E-state index < -0.39 is 0 Å². The molecule has 0 aromatic carbocycles. The number of aromatic nitrogens is 3. The molecule has 0 amide bonds. The highest BCUT2D eigenvalue weighted by Crippen LogP contribution is 1.96. The Morgan fingerprint density at radius 3 is 2.64 bits per heavy atom. The van der Waals surface area contributed by atoms with Crippen molar-refractivity contribution in [3.63, 3.8) is 0 Å². The number of nitrogens with one attached hydrogen (secondary N) is 1. The maximum Gasteiger partial charge on any atom is 0.151 e. The average molecular weight is 196 g/mol. The average Bonchev–Trinajstić information content (AvgIpc) is 2.59. The molecule has 0 unspecified atom stereocenters. The highest BCUT2D eigenvalue weighted by atomic mass is 15.3. The first kappa shape index (κ1) is 11.2. The van der Waals surface area contributed by atoms with E-state index in [0.29, 0.717) is 6.04 Å². The fraction of sp³-hybridized carbons (Fsp3) is 0.800. The van der Waals surface area contributed by atoms with Crippen LogP contribution in [-0.2, 0) is 13.5 Å². The van der Waals surface area contributed by atoms with Gasteiger partial charge in [-0.3, -0.25) is 4.68 Å². The molecule has 1 aromatic rings. The Hall–Kier alpha value is -0.900. The van der Waals surface area contributed by atoms with Crippen molar-refractivity contribution >= 4 is 0 Å². The molecular weight excluding hydrogens is 176 g/mol. The minimum atomic E-state index is 0.638. The standard InChI is InChI=1S/C10H20N4/c1-4-9(5-2)11-7-6-10-12-8-14(3)13-10/h8-9,11H,4-7H2,1-3H3. The predicted molar refractivity (Wildman–Crippen MR) is 57.1 cm³/mol. The first-order valence-corrected chi connectivity index (χ1v) is 5.34. The quantitative estimate of drug-likeness (QED) is 0.742. The Balaban J connectivity index is 2.21. The van der Waals surface area contributed by atoms with Gasteiger partial charge in [0.1, 0.15) is 6.33 Å². The lowest BCUT2D eigenvalue weighted by atomic mass is 10.2. The number of hydrogen-bond donors (Lipinski definition) is 1. The third-order valence-corrected chi connectivity index (χ3v) is 2.41. The van der Waals surface area contributed by atoms with Crippen molar-refractivity contribution in [2.75, 3.05) is 6.54 Å². The van der Waals surface area contributed by atoms with E-state index in [1.807, 2.05) is 7.05 Å². The Labute approximate surface area is 85.7 Å². The van der Waals surface area contributed by atoms with Crippen molar-refractivity contribution in [1.82, 2.24) is 20.1 Å². The molecule has 0 atom stereocenters. The molecule has 80 valence electrons. The second kappa shape index (κ2) is 5.75. The zero-order valence-corrected chi connectivity index (χ0v) is 9.32. The molecule has 1 N–H and O–H groups in total. The Kier molecular flexibility index (Phi) is 4.59. The van der Waals surface area contributed by atoms with Crippen LogP contribution in [0.25, 0.3) is 0 Å². The van der Waals surface area contributed by atoms with Crippen LogP contribution in [0.5, 0.6) is 0 Å². The van der Waals surface area contributed by atoms with E-state index in [2.05, 4.69) is 29.2 Å². The molecule has 1 heterocycles. The lowest BCUT2D eigenvalue weighted by Gasteiger charge is -2.13. The van der Waals surface area contributed by atoms with Gasteiger partial charge in [-0.1, -0.05) is 13.8 Å². The molecular formula is C10H20N4. The zero-order chi connectivity index (χ0) is 10.4. The topological polar surface area (TPSA) is 42.7 Å². The summed E-state index contributed by atoms with van der Waals surface area (Å²) in [6, 6.07) is 0.638. The summed E-state index contributed by atoms with van der Waals surface area (Å²) in [7, 11) is 1.89. The van der Waals surface area contributed by atoms with Gasteiger partial charge in [-0.25, -0.2) is 4.98 Å². The van der Waals surface area contributed by atoms with Gasteiger partial charge in [-0.15, -0.1) is 0 Å². The third-order valence-electron chi connectivity index (χ3n) is 2.41. The molecule has 0 bridgehead atoms. The van der Waals surface area contributed by atoms with E-state index in [0.717, 1.165) is 18.8 Å². The second-order valence-corrected chi connectivity index (χ2v) is 3.55. The maximum atomic E-state index is 4.22. The lowest BCUT2D eigenvalue weighted by Crippen LogP contribution is -2.29. The SMILES string of the molecule is CCC(CC)NCCc1ncn(C)n1. The van der Waals surface area contributed by atoms with Crippen LogP contribution in [-0.4, -0.2) is 27.4 Å². The van der Waals surface area contributed by atoms with Crippen LogP contribution in [0.15, 0.2) is 6.33 Å². The second-order valence-electron chi connectivity index (χ2n) is 3.55. The van der Waals surface area contributed by atoms with Gasteiger partial charge in [-0.2, -0.15) is 5.10 Å². The van der Waals surface area contributed by atoms with Crippen molar-refractivity contribution in [2.24, 2.45) is 7.05 Å². The van der Waals surface area contributed by atoms with Crippen molar-refractivity contribution in [3.8, 4) is 0 Å². The van der Waals surface area contributed by atoms with Crippen LogP contribution < -0.4 is 5.32 Å². The first-order chi connectivity index (χ1) is 6.76. The van der Waals surface area contributed by atoms with E-state index in [9.17, 15) is 0 Å². The van der Waals surface area contributed by atoms with Gasteiger partial charge in [0.2, 0.25) is 0 Å². The summed E-state index contributed by atoms with van der Waals surface area (Å²) >= 11 is 0. The molecule has 0 aliphatic carbocycles. The molecule has 0 spiro atoms. The summed E-state index contributed by atoms with van der Waals surface area (Å²) in [5, 5.41) is 7.71. The van der Waals surface area contributed by atoms with Crippen molar-refractivity contribution in [3.05, 3.63) is 12.2 Å². The molecule has 0 saturated heterocycles. The summed E-state index contributed by atoms with van der Waals surface area (Å²) in [6.45, 7) is 5.39. The van der Waals surface area contributed by atoms with Gasteiger partial charge in [0.05, 0.1) is 0 Å². The minimum Gasteiger partial charge on any atom is -0.314 e. The van der Waals surface area contributed by atoms with E-state index in [4.69, 9.17) is 0 Å². The normalized spacial score (nSPS) is 11.1. The van der Waals surface area contributed by atoms with Gasteiger partial charge in [-0.05, 0) is 12.8 Å². The summed E-state index contributed by atoms with van der Waals surface area (Å²) in [6.07, 6.45) is 5.03. The molecule has 0 fully saturated rings. The lowest BCUT2D eigenvalue weighted by molar-refractivity contribution is 0.485. The van der Waals surface area contributed by atoms with Crippen molar-refractivity contribution < 1.29 is 0 Å². The van der Waals surface area contributed by atoms with Crippen LogP contribution in [0.2, 0.25) is 0 Å². The van der Waals surface area contributed by atoms with Crippen LogP contribution in [0.3, 0.4) is 0 Å². The largest absolute Gasteiger partial charge is 0.314 e. The first-order valence-electron chi connectivity index (χ1n) is 5.34. The van der Waals surface area contributed by atoms with Gasteiger partial charge >= 0.3 is 0 Å². The number of aryl methyl sites for hydroxylation is 1. The molecule has 1 aromatic heterocycles. The maximum absolute atomic E-state index is 4.22. The van der Waals surface area contributed by atoms with Gasteiger partial charge < -0.3 is 5.32 Å². The van der Waals surface area contributed by atoms with Gasteiger partial charge in [0, 0.05) is 26.1 Å². The number of rotatable bonds is 6. The molecule has 14 heavy (non-hydrogen) atoms. The minimum absolute atomic E-state index is 0.638. The Morgan fingerprint density at radius 2 is 2.14 bits per heavy atom. The van der Waals surface area contributed by atoms with Gasteiger partial charge in [0.25, 0.3) is 0 Å². The smallest absolute Gasteiger partial charge is 0.151 e. The molecule has 0 aliphatic rings. The van der Waals surface area contributed by atoms with Gasteiger partial charge in [0.15, 0.2) is 5.82 Å². The Bertz CT molecular complexity index is 252. The third kappa shape index (κ3) is 3.46. The van der Waals surface area contributed by atoms with E-state index >= 15 is 0 Å². The number of hydrogen-bond acceptors (Lipinski definition) is 3. The van der Waals surface area contributed by atoms with Crippen molar-refractivity contribution in [2.45, 2.75) is 39.2 Å². The molecule has 0 saturated carbocycles. The predicted octanol–water partition coefficient (Wildman–Crippen LogP) is 1.14. The fourth-order valence-corrected chi connectivity index (χ4v) is 1.46. The summed E-state index contributed by atoms with van der Waals surface area (Å²) in [4.78, 5) is 4.18. The van der Waals surface area contributed by atoms with Crippen LogP contribution in [0.1, 0.15) is 32.5 Å².